The molecule has 0 amide bonds. The molecule has 0 heterocycles. The molecule has 0 aliphatic rings. The van der Waals surface area contributed by atoms with E-state index in [1.807, 2.05) is 61.0 Å². The molecule has 6 aromatic rings. The number of phenolic OH excluding ortho intramolecular Hbond substituents is 2. The average molecular weight is 997 g/mol. The van der Waals surface area contributed by atoms with Gasteiger partial charge < -0.3 is 10.2 Å². The summed E-state index contributed by atoms with van der Waals surface area (Å²) in [5.41, 5.74) is 12.4. The van der Waals surface area contributed by atoms with E-state index >= 15 is 0 Å². The van der Waals surface area contributed by atoms with Crippen molar-refractivity contribution in [1.82, 2.24) is 0 Å². The first-order chi connectivity index (χ1) is 31.1. The molecular formula is C56H64F6MnN2O2P-. The molecule has 0 bridgehead atoms. The van der Waals surface area contributed by atoms with Crippen LogP contribution in [-0.2, 0) is 27.9 Å². The molecule has 4 nitrogen and oxygen atoms in total. The molecule has 6 rings (SSSR count). The molecule has 0 aliphatic carbocycles. The third-order valence-corrected chi connectivity index (χ3v) is 12.1. The van der Waals surface area contributed by atoms with Crippen molar-refractivity contribution in [3.8, 4) is 11.5 Å². The Kier molecular flexibility index (Phi) is 17.3. The van der Waals surface area contributed by atoms with Gasteiger partial charge in [0, 0.05) is 63.6 Å². The minimum Gasteiger partial charge on any atom is 0 e. The summed E-state index contributed by atoms with van der Waals surface area (Å²) in [6.07, 6.45) is 5.32. The Hall–Kier alpha value is -5.21. The SMILES string of the molecule is CCC(c1ccc(C(C)(C)C)cc1)c1c(C)ccc(C=N[C@@H](c2ccccc2)[C@@H](N=Cc2ccc(C)c(C(CC)c3ccc(C(C)(C)C)cc3)c2O)c2ccccc2)c1O.F[P-](F)(F)(F)(F)F.[Mn]. The van der Waals surface area contributed by atoms with Gasteiger partial charge >= 0.3 is 33.0 Å². The number of benzene rings is 6. The Morgan fingerprint density at radius 1 is 0.471 bits per heavy atom. The summed E-state index contributed by atoms with van der Waals surface area (Å²) in [7, 11) is -10.7. The van der Waals surface area contributed by atoms with Crippen molar-refractivity contribution in [3.63, 3.8) is 0 Å². The Labute approximate surface area is 409 Å². The second kappa shape index (κ2) is 21.2. The Morgan fingerprint density at radius 3 is 1.03 bits per heavy atom. The first-order valence-electron chi connectivity index (χ1n) is 22.7. The zero-order chi connectivity index (χ0) is 49.6. The van der Waals surface area contributed by atoms with E-state index in [-0.39, 0.29) is 51.2 Å². The first-order valence-corrected chi connectivity index (χ1v) is 24.7. The summed E-state index contributed by atoms with van der Waals surface area (Å²) >= 11 is 0. The van der Waals surface area contributed by atoms with Crippen LogP contribution in [0.25, 0.3) is 0 Å². The normalized spacial score (nSPS) is 15.1. The monoisotopic (exact) mass is 996 g/mol. The summed E-state index contributed by atoms with van der Waals surface area (Å²) in [5.74, 6) is 0.572. The maximum atomic E-state index is 12.0. The molecule has 0 spiro atoms. The molecule has 12 heteroatoms. The van der Waals surface area contributed by atoms with E-state index in [1.54, 1.807) is 0 Å². The van der Waals surface area contributed by atoms with Crippen LogP contribution in [0.1, 0.15) is 159 Å². The number of rotatable bonds is 13. The van der Waals surface area contributed by atoms with E-state index in [2.05, 4.69) is 154 Å². The van der Waals surface area contributed by atoms with Crippen molar-refractivity contribution in [2.75, 3.05) is 0 Å². The standard InChI is InChI=1S/C56H64N2O2.F6P.Mn/c1-11-47(39-27-31-45(32-28-39)55(5,6)7)49-37(3)23-25-43(53(49)59)35-57-51(41-19-15-13-16-20-41)52(42-21-17-14-18-22-42)58-36-44-26-24-38(4)50(54(44)60)48(12-2)40-29-33-46(34-30-40)56(8,9)10;1-7(2,3,4,5)6;/h13-36,47-48,51-52,59-60H,11-12H2,1-10H3;;/q;-1;/t47?,48?,51-,52-;;/m0../s1. The number of phenols is 2. The molecule has 0 aliphatic heterocycles. The van der Waals surface area contributed by atoms with Gasteiger partial charge in [-0.05, 0) is 94.2 Å². The topological polar surface area (TPSA) is 65.2 Å². The van der Waals surface area contributed by atoms with E-state index in [9.17, 15) is 35.4 Å². The minimum absolute atomic E-state index is 0. The van der Waals surface area contributed by atoms with Gasteiger partial charge in [-0.3, -0.25) is 9.98 Å². The number of hydrogen-bond acceptors (Lipinski definition) is 4. The number of aryl methyl sites for hydroxylation is 2. The molecular weight excluding hydrogens is 933 g/mol. The van der Waals surface area contributed by atoms with Gasteiger partial charge in [-0.1, -0.05) is 177 Å². The Balaban J connectivity index is 0.00000117. The van der Waals surface area contributed by atoms with Crippen LogP contribution in [0.2, 0.25) is 0 Å². The zero-order valence-electron chi connectivity index (χ0n) is 40.5. The van der Waals surface area contributed by atoms with Crippen LogP contribution in [0.15, 0.2) is 143 Å². The van der Waals surface area contributed by atoms with Gasteiger partial charge in [-0.25, -0.2) is 0 Å². The molecule has 68 heavy (non-hydrogen) atoms. The number of aromatic hydroxyl groups is 2. The fourth-order valence-electron chi connectivity index (χ4n) is 8.50. The largest absolute Gasteiger partial charge is 0 e. The quantitative estimate of drug-likeness (QED) is 0.0524. The fourth-order valence-corrected chi connectivity index (χ4v) is 8.50. The van der Waals surface area contributed by atoms with Gasteiger partial charge in [-0.2, -0.15) is 0 Å². The molecule has 0 saturated carbocycles. The molecule has 6 aromatic carbocycles. The van der Waals surface area contributed by atoms with E-state index in [1.165, 1.54) is 22.3 Å². The fraction of sp³-hybridized carbons (Fsp3) is 0.321. The van der Waals surface area contributed by atoms with Gasteiger partial charge in [0.05, 0.1) is 0 Å². The van der Waals surface area contributed by atoms with Crippen molar-refractivity contribution < 1.29 is 52.5 Å². The maximum absolute atomic E-state index is 12.0. The summed E-state index contributed by atoms with van der Waals surface area (Å²) < 4.78 is 59.2. The van der Waals surface area contributed by atoms with E-state index < -0.39 is 19.9 Å². The maximum Gasteiger partial charge on any atom is 0 e. The van der Waals surface area contributed by atoms with Gasteiger partial charge in [0.25, 0.3) is 0 Å². The van der Waals surface area contributed by atoms with Crippen molar-refractivity contribution in [2.24, 2.45) is 9.98 Å². The first kappa shape index (κ1) is 55.4. The Bertz CT molecular complexity index is 2480. The van der Waals surface area contributed by atoms with Crippen LogP contribution in [0.5, 0.6) is 11.5 Å². The summed E-state index contributed by atoms with van der Waals surface area (Å²) in [5, 5.41) is 24.1. The van der Waals surface area contributed by atoms with Gasteiger partial charge in [0.1, 0.15) is 23.6 Å². The predicted octanol–water partition coefficient (Wildman–Crippen LogP) is 17.8. The van der Waals surface area contributed by atoms with Gasteiger partial charge in [0.2, 0.25) is 0 Å². The van der Waals surface area contributed by atoms with E-state index in [0.29, 0.717) is 11.1 Å². The van der Waals surface area contributed by atoms with Crippen LogP contribution >= 0.6 is 7.81 Å². The predicted molar refractivity (Wildman–Crippen MR) is 267 cm³/mol. The molecule has 1 radical (unpaired) electrons. The van der Waals surface area contributed by atoms with Crippen molar-refractivity contribution in [2.45, 2.75) is 117 Å². The third kappa shape index (κ3) is 15.4. The summed E-state index contributed by atoms with van der Waals surface area (Å²) in [6, 6.07) is 45.4. The minimum atomic E-state index is -10.7. The molecule has 0 aromatic heterocycles. The van der Waals surface area contributed by atoms with E-state index in [4.69, 9.17) is 9.98 Å². The number of aliphatic imine (C=N–C) groups is 2. The van der Waals surface area contributed by atoms with Crippen molar-refractivity contribution in [1.29, 1.82) is 0 Å². The van der Waals surface area contributed by atoms with Crippen LogP contribution in [-0.4, -0.2) is 22.6 Å². The van der Waals surface area contributed by atoms with Crippen LogP contribution in [0.3, 0.4) is 0 Å². The Morgan fingerprint density at radius 2 is 0.765 bits per heavy atom. The number of hydrogen-bond donors (Lipinski definition) is 2. The van der Waals surface area contributed by atoms with Gasteiger partial charge in [-0.15, -0.1) is 0 Å². The molecule has 0 fully saturated rings. The number of nitrogens with zero attached hydrogens (tertiary/aromatic N) is 2. The van der Waals surface area contributed by atoms with Crippen LogP contribution in [0.4, 0.5) is 25.2 Å². The van der Waals surface area contributed by atoms with Gasteiger partial charge in [0.15, 0.2) is 0 Å². The average Bonchev–Trinajstić information content (AvgIpc) is 3.25. The zero-order valence-corrected chi connectivity index (χ0v) is 42.5. The van der Waals surface area contributed by atoms with Crippen molar-refractivity contribution >= 4 is 20.2 Å². The second-order valence-corrected chi connectivity index (χ2v) is 21.3. The van der Waals surface area contributed by atoms with E-state index in [0.717, 1.165) is 46.2 Å². The smallest absolute Gasteiger partial charge is 0 e. The molecule has 2 N–H and O–H groups in total. The molecule has 2 unspecified atom stereocenters. The number of halogens is 6. The summed E-state index contributed by atoms with van der Waals surface area (Å²) in [6.45, 7) is 21.9. The van der Waals surface area contributed by atoms with Crippen LogP contribution in [0, 0.1) is 13.8 Å². The molecule has 365 valence electrons. The third-order valence-electron chi connectivity index (χ3n) is 12.1. The summed E-state index contributed by atoms with van der Waals surface area (Å²) in [4.78, 5) is 10.6. The van der Waals surface area contributed by atoms with Crippen LogP contribution < -0.4 is 0 Å². The molecule has 4 atom stereocenters. The van der Waals surface area contributed by atoms with Crippen molar-refractivity contribution in [3.05, 3.63) is 200 Å². The molecule has 0 saturated heterocycles. The second-order valence-electron chi connectivity index (χ2n) is 19.4.